The van der Waals surface area contributed by atoms with Crippen LogP contribution in [0.15, 0.2) is 24.7 Å². The number of nitro groups is 1. The van der Waals surface area contributed by atoms with Gasteiger partial charge < -0.3 is 34.7 Å². The maximum atomic E-state index is 12.3. The van der Waals surface area contributed by atoms with Crippen LogP contribution >= 0.6 is 0 Å². The van der Waals surface area contributed by atoms with Gasteiger partial charge in [0.1, 0.15) is 41.7 Å². The van der Waals surface area contributed by atoms with Gasteiger partial charge in [-0.3, -0.25) is 14.9 Å². The number of ketones is 1. The average Bonchev–Trinajstić information content (AvgIpc) is 3.50. The second kappa shape index (κ2) is 13.0. The first-order valence-electron chi connectivity index (χ1n) is 13.9. The standard InChI is InChI=1S/C30H37N5O8/c1-17(37)8-6-7-9-18-10-21(35(39)40)20(11-23(18)41-5)27(30(2,3)4)42-15-19-13-34(25-12-22(38)24(14-36)43-25)29-26(19)28(31)32-16-33-29/h10-11,13,16,22,24-25,27,36,38H,6,8,12,14-15H2,1-5H3,(H2,31,32,33)/t22?,24-,25-,27-/m1/s1. The zero-order valence-electron chi connectivity index (χ0n) is 24.9. The molecular formula is C30H37N5O8. The van der Waals surface area contributed by atoms with Crippen molar-refractivity contribution in [3.05, 3.63) is 51.5 Å². The third kappa shape index (κ3) is 6.94. The van der Waals surface area contributed by atoms with Gasteiger partial charge in [0.15, 0.2) is 0 Å². The number of carbonyl (C=O) groups is 1. The van der Waals surface area contributed by atoms with Crippen LogP contribution in [0.3, 0.4) is 0 Å². The molecule has 2 aromatic heterocycles. The molecule has 0 amide bonds. The fourth-order valence-electron chi connectivity index (χ4n) is 5.16. The molecule has 0 aliphatic carbocycles. The fraction of sp³-hybridized carbons (Fsp3) is 0.500. The molecule has 1 aromatic carbocycles. The molecule has 3 heterocycles. The number of anilines is 1. The maximum absolute atomic E-state index is 12.3. The predicted octanol–water partition coefficient (Wildman–Crippen LogP) is 3.60. The molecule has 0 bridgehead atoms. The van der Waals surface area contributed by atoms with E-state index in [1.54, 1.807) is 16.8 Å². The summed E-state index contributed by atoms with van der Waals surface area (Å²) in [5.74, 6) is 6.35. The highest BCUT2D eigenvalue weighted by Crippen LogP contribution is 2.44. The van der Waals surface area contributed by atoms with E-state index >= 15 is 0 Å². The van der Waals surface area contributed by atoms with Crippen LogP contribution in [0.4, 0.5) is 11.5 Å². The molecule has 0 radical (unpaired) electrons. The number of ether oxygens (including phenoxy) is 3. The van der Waals surface area contributed by atoms with Gasteiger partial charge in [-0.2, -0.15) is 0 Å². The third-order valence-corrected chi connectivity index (χ3v) is 7.26. The van der Waals surface area contributed by atoms with Crippen LogP contribution in [0.1, 0.15) is 76.0 Å². The second-order valence-corrected chi connectivity index (χ2v) is 11.6. The third-order valence-electron chi connectivity index (χ3n) is 7.26. The van der Waals surface area contributed by atoms with Crippen molar-refractivity contribution in [3.63, 3.8) is 0 Å². The van der Waals surface area contributed by atoms with E-state index in [1.165, 1.54) is 26.4 Å². The Morgan fingerprint density at radius 2 is 2.09 bits per heavy atom. The Labute approximate surface area is 249 Å². The number of nitrogen functional groups attached to an aromatic ring is 1. The van der Waals surface area contributed by atoms with Crippen LogP contribution in [0, 0.1) is 27.4 Å². The zero-order chi connectivity index (χ0) is 31.5. The summed E-state index contributed by atoms with van der Waals surface area (Å²) < 4.78 is 19.6. The number of rotatable bonds is 10. The van der Waals surface area contributed by atoms with Gasteiger partial charge >= 0.3 is 0 Å². The summed E-state index contributed by atoms with van der Waals surface area (Å²) in [5, 5.41) is 32.6. The molecule has 1 unspecified atom stereocenters. The largest absolute Gasteiger partial charge is 0.495 e. The minimum Gasteiger partial charge on any atom is -0.495 e. The van der Waals surface area contributed by atoms with E-state index in [0.29, 0.717) is 39.9 Å². The molecular weight excluding hydrogens is 558 g/mol. The van der Waals surface area contributed by atoms with Crippen molar-refractivity contribution in [3.8, 4) is 17.6 Å². The van der Waals surface area contributed by atoms with E-state index in [1.807, 2.05) is 20.8 Å². The van der Waals surface area contributed by atoms with Crippen molar-refractivity contribution in [1.82, 2.24) is 14.5 Å². The van der Waals surface area contributed by atoms with Crippen molar-refractivity contribution < 1.29 is 34.1 Å². The van der Waals surface area contributed by atoms with Crippen LogP contribution in [-0.4, -0.2) is 61.4 Å². The molecule has 1 saturated heterocycles. The molecule has 3 aromatic rings. The highest BCUT2D eigenvalue weighted by atomic mass is 16.6. The molecule has 4 rings (SSSR count). The fourth-order valence-corrected chi connectivity index (χ4v) is 5.16. The Morgan fingerprint density at radius 3 is 2.70 bits per heavy atom. The Hall–Kier alpha value is -4.09. The number of Topliss-reactive ketones (excluding diaryl/α,β-unsaturated/α-hetero) is 1. The molecule has 1 aliphatic rings. The summed E-state index contributed by atoms with van der Waals surface area (Å²) in [7, 11) is 1.46. The van der Waals surface area contributed by atoms with Crippen molar-refractivity contribution in [2.75, 3.05) is 19.5 Å². The lowest BCUT2D eigenvalue weighted by Gasteiger charge is -2.31. The zero-order valence-corrected chi connectivity index (χ0v) is 24.9. The number of carbonyl (C=O) groups excluding carboxylic acids is 1. The molecule has 0 saturated carbocycles. The first-order valence-corrected chi connectivity index (χ1v) is 13.9. The van der Waals surface area contributed by atoms with Gasteiger partial charge in [0.25, 0.3) is 5.69 Å². The summed E-state index contributed by atoms with van der Waals surface area (Å²) >= 11 is 0. The van der Waals surface area contributed by atoms with Crippen LogP contribution in [0.25, 0.3) is 11.0 Å². The minimum absolute atomic E-state index is 0.00617. The first-order chi connectivity index (χ1) is 20.3. The highest BCUT2D eigenvalue weighted by Gasteiger charge is 2.37. The first kappa shape index (κ1) is 31.8. The van der Waals surface area contributed by atoms with Crippen molar-refractivity contribution in [1.29, 1.82) is 0 Å². The monoisotopic (exact) mass is 595 g/mol. The lowest BCUT2D eigenvalue weighted by Crippen LogP contribution is -2.24. The number of hydrogen-bond donors (Lipinski definition) is 3. The number of aromatic nitrogens is 3. The van der Waals surface area contributed by atoms with E-state index in [-0.39, 0.29) is 43.3 Å². The van der Waals surface area contributed by atoms with Crippen molar-refractivity contribution >= 4 is 28.3 Å². The van der Waals surface area contributed by atoms with Gasteiger partial charge in [-0.1, -0.05) is 32.6 Å². The summed E-state index contributed by atoms with van der Waals surface area (Å²) in [5.41, 5.74) is 7.21. The van der Waals surface area contributed by atoms with E-state index in [9.17, 15) is 25.1 Å². The van der Waals surface area contributed by atoms with Crippen LogP contribution in [0.5, 0.6) is 5.75 Å². The van der Waals surface area contributed by atoms with Gasteiger partial charge in [-0.05, 0) is 18.4 Å². The number of hydrogen-bond acceptors (Lipinski definition) is 11. The van der Waals surface area contributed by atoms with Crippen molar-refractivity contribution in [2.24, 2.45) is 5.41 Å². The van der Waals surface area contributed by atoms with Gasteiger partial charge in [0.2, 0.25) is 0 Å². The topological polar surface area (TPSA) is 185 Å². The Balaban J connectivity index is 1.72. The molecule has 13 heteroatoms. The summed E-state index contributed by atoms with van der Waals surface area (Å²) in [4.78, 5) is 31.6. The number of aliphatic hydroxyl groups excluding tert-OH is 2. The number of aliphatic hydroxyl groups is 2. The average molecular weight is 596 g/mol. The predicted molar refractivity (Wildman–Crippen MR) is 157 cm³/mol. The number of nitrogens with two attached hydrogens (primary N) is 1. The Bertz CT molecular complexity index is 1570. The van der Waals surface area contributed by atoms with Crippen LogP contribution in [0.2, 0.25) is 0 Å². The number of fused-ring (bicyclic) bond motifs is 1. The molecule has 0 spiro atoms. The quantitative estimate of drug-likeness (QED) is 0.177. The van der Waals surface area contributed by atoms with E-state index in [0.717, 1.165) is 0 Å². The Morgan fingerprint density at radius 1 is 1.35 bits per heavy atom. The van der Waals surface area contributed by atoms with Gasteiger partial charge in [0.05, 0.1) is 54.0 Å². The van der Waals surface area contributed by atoms with E-state index in [2.05, 4.69) is 21.8 Å². The second-order valence-electron chi connectivity index (χ2n) is 11.6. The molecule has 43 heavy (non-hydrogen) atoms. The highest BCUT2D eigenvalue weighted by molar-refractivity contribution is 5.89. The summed E-state index contributed by atoms with van der Waals surface area (Å²) in [6.07, 6.45) is 0.968. The van der Waals surface area contributed by atoms with Gasteiger partial charge in [0, 0.05) is 37.1 Å². The molecule has 4 N–H and O–H groups in total. The van der Waals surface area contributed by atoms with Crippen molar-refractivity contribution in [2.45, 2.75) is 78.1 Å². The molecule has 1 fully saturated rings. The minimum atomic E-state index is -0.853. The maximum Gasteiger partial charge on any atom is 0.276 e. The Kier molecular flexibility index (Phi) is 9.66. The smallest absolute Gasteiger partial charge is 0.276 e. The molecule has 230 valence electrons. The molecule has 4 atom stereocenters. The number of methoxy groups -OCH3 is 1. The van der Waals surface area contributed by atoms with E-state index < -0.39 is 34.9 Å². The molecule has 13 nitrogen and oxygen atoms in total. The van der Waals surface area contributed by atoms with E-state index in [4.69, 9.17) is 19.9 Å². The number of nitrogens with zero attached hydrogens (tertiary/aromatic N) is 4. The number of nitro benzene ring substituents is 1. The summed E-state index contributed by atoms with van der Waals surface area (Å²) in [6.45, 7) is 6.87. The van der Waals surface area contributed by atoms with Gasteiger partial charge in [-0.15, -0.1) is 0 Å². The lowest BCUT2D eigenvalue weighted by atomic mass is 9.83. The normalized spacial score (nSPS) is 19.2. The SMILES string of the molecule is COc1cc([C@@H](OCc2cn([C@H]3CC(O)[C@@H](CO)O3)c3ncnc(N)c23)C(C)(C)C)c([N+](=O)[O-])cc1C#CCCC(C)=O. The van der Waals surface area contributed by atoms with Gasteiger partial charge in [-0.25, -0.2) is 9.97 Å². The van der Waals surface area contributed by atoms with Crippen LogP contribution in [-0.2, 0) is 20.9 Å². The lowest BCUT2D eigenvalue weighted by molar-refractivity contribution is -0.386. The molecule has 1 aliphatic heterocycles. The summed E-state index contributed by atoms with van der Waals surface area (Å²) in [6, 6.07) is 2.95. The van der Waals surface area contributed by atoms with Crippen LogP contribution < -0.4 is 10.5 Å². The number of benzene rings is 1.